The molecule has 0 bridgehead atoms. The second-order valence-electron chi connectivity index (χ2n) is 6.66. The topological polar surface area (TPSA) is 3.24 Å². The van der Waals surface area contributed by atoms with Gasteiger partial charge in [-0.1, -0.05) is 76.6 Å². The fraction of sp³-hybridized carbons (Fsp3) is 0.273. The minimum Gasteiger partial charge on any atom is -0.363 e. The molecule has 2 unspecified atom stereocenters. The molecule has 1 saturated heterocycles. The van der Waals surface area contributed by atoms with Crippen molar-refractivity contribution in [3.05, 3.63) is 77.7 Å². The van der Waals surface area contributed by atoms with Crippen molar-refractivity contribution in [2.75, 3.05) is 16.8 Å². The van der Waals surface area contributed by atoms with Gasteiger partial charge in [0.2, 0.25) is 0 Å². The third kappa shape index (κ3) is 3.54. The molecule has 0 saturated carbocycles. The van der Waals surface area contributed by atoms with Gasteiger partial charge >= 0.3 is 0 Å². The fourth-order valence-electron chi connectivity index (χ4n) is 3.88. The van der Waals surface area contributed by atoms with Gasteiger partial charge in [-0.15, -0.1) is 11.3 Å². The first-order valence-corrected chi connectivity index (χ1v) is 10.9. The Labute approximate surface area is 162 Å². The number of thiophene rings is 1. The van der Waals surface area contributed by atoms with Crippen molar-refractivity contribution in [3.63, 3.8) is 0 Å². The van der Waals surface area contributed by atoms with E-state index in [9.17, 15) is 0 Å². The largest absolute Gasteiger partial charge is 0.363 e. The fourth-order valence-corrected chi connectivity index (χ4v) is 5.44. The average Bonchev–Trinajstić information content (AvgIpc) is 3.30. The second kappa shape index (κ2) is 7.76. The van der Waals surface area contributed by atoms with Crippen LogP contribution in [0.25, 0.3) is 10.4 Å². The zero-order valence-corrected chi connectivity index (χ0v) is 16.5. The minimum absolute atomic E-state index is 0.474. The van der Waals surface area contributed by atoms with Crippen molar-refractivity contribution >= 4 is 33.0 Å². The van der Waals surface area contributed by atoms with Gasteiger partial charge in [0.1, 0.15) is 0 Å². The van der Waals surface area contributed by atoms with E-state index in [2.05, 4.69) is 92.9 Å². The number of hydrogen-bond donors (Lipinski definition) is 0. The lowest BCUT2D eigenvalue weighted by Gasteiger charge is -2.27. The van der Waals surface area contributed by atoms with E-state index in [1.54, 1.807) is 0 Å². The Balaban J connectivity index is 1.71. The Morgan fingerprint density at radius 3 is 2.40 bits per heavy atom. The number of halogens is 1. The molecule has 2 aromatic carbocycles. The highest BCUT2D eigenvalue weighted by Gasteiger charge is 2.34. The molecule has 1 aliphatic rings. The minimum atomic E-state index is 0.474. The monoisotopic (exact) mass is 411 g/mol. The SMILES string of the molecule is BrCCC1CC(c2ccccc2)N(c2ccsc2-c2ccccc2)C1. The zero-order chi connectivity index (χ0) is 17.1. The number of benzene rings is 2. The standard InChI is InChI=1S/C22H22BrNS/c23-13-11-17-15-21(18-7-3-1-4-8-18)24(16-17)20-12-14-25-22(20)19-9-5-2-6-10-19/h1-10,12,14,17,21H,11,13,15-16H2. The zero-order valence-electron chi connectivity index (χ0n) is 14.1. The van der Waals surface area contributed by atoms with Crippen LogP contribution in [0.3, 0.4) is 0 Å². The first kappa shape index (κ1) is 16.9. The van der Waals surface area contributed by atoms with Crippen LogP contribution in [-0.2, 0) is 0 Å². The summed E-state index contributed by atoms with van der Waals surface area (Å²) in [6.45, 7) is 1.14. The van der Waals surface area contributed by atoms with Crippen molar-refractivity contribution in [3.8, 4) is 10.4 Å². The molecule has 128 valence electrons. The number of alkyl halides is 1. The molecule has 2 atom stereocenters. The first-order valence-electron chi connectivity index (χ1n) is 8.87. The lowest BCUT2D eigenvalue weighted by Crippen LogP contribution is -2.23. The van der Waals surface area contributed by atoms with Crippen molar-refractivity contribution in [1.29, 1.82) is 0 Å². The van der Waals surface area contributed by atoms with Crippen molar-refractivity contribution < 1.29 is 0 Å². The summed E-state index contributed by atoms with van der Waals surface area (Å²) in [6, 6.07) is 24.6. The third-order valence-corrected chi connectivity index (χ3v) is 6.49. The van der Waals surface area contributed by atoms with Crippen LogP contribution in [0, 0.1) is 5.92 Å². The second-order valence-corrected chi connectivity index (χ2v) is 8.37. The van der Waals surface area contributed by atoms with Crippen molar-refractivity contribution in [1.82, 2.24) is 0 Å². The Kier molecular flexibility index (Phi) is 5.23. The van der Waals surface area contributed by atoms with E-state index in [0.29, 0.717) is 6.04 Å². The molecule has 1 fully saturated rings. The summed E-state index contributed by atoms with van der Waals surface area (Å²) in [5.74, 6) is 0.744. The van der Waals surface area contributed by atoms with Gasteiger partial charge in [0.05, 0.1) is 16.6 Å². The number of anilines is 1. The van der Waals surface area contributed by atoms with Crippen LogP contribution in [0.4, 0.5) is 5.69 Å². The maximum Gasteiger partial charge on any atom is 0.0576 e. The Hall–Kier alpha value is -1.58. The van der Waals surface area contributed by atoms with E-state index in [-0.39, 0.29) is 0 Å². The summed E-state index contributed by atoms with van der Waals surface area (Å²) in [6.07, 6.45) is 2.48. The van der Waals surface area contributed by atoms with Gasteiger partial charge in [0.25, 0.3) is 0 Å². The van der Waals surface area contributed by atoms with Crippen molar-refractivity contribution in [2.45, 2.75) is 18.9 Å². The van der Waals surface area contributed by atoms with Crippen LogP contribution in [0.2, 0.25) is 0 Å². The van der Waals surface area contributed by atoms with Gasteiger partial charge in [-0.3, -0.25) is 0 Å². The van der Waals surface area contributed by atoms with E-state index in [1.165, 1.54) is 34.5 Å². The molecule has 0 N–H and O–H groups in total. The number of hydrogen-bond acceptors (Lipinski definition) is 2. The third-order valence-electron chi connectivity index (χ3n) is 5.08. The summed E-state index contributed by atoms with van der Waals surface area (Å²) >= 11 is 5.49. The van der Waals surface area contributed by atoms with E-state index in [0.717, 1.165) is 17.8 Å². The molecule has 1 aliphatic heterocycles. The molecule has 0 spiro atoms. The van der Waals surface area contributed by atoms with E-state index < -0.39 is 0 Å². The van der Waals surface area contributed by atoms with E-state index in [4.69, 9.17) is 0 Å². The maximum absolute atomic E-state index is 3.64. The highest BCUT2D eigenvalue weighted by atomic mass is 79.9. The molecule has 1 aromatic heterocycles. The van der Waals surface area contributed by atoms with Gasteiger partial charge in [0.15, 0.2) is 0 Å². The molecule has 25 heavy (non-hydrogen) atoms. The molecule has 3 heteroatoms. The number of rotatable bonds is 5. The predicted molar refractivity (Wildman–Crippen MR) is 113 cm³/mol. The molecule has 0 amide bonds. The molecule has 0 radical (unpaired) electrons. The van der Waals surface area contributed by atoms with Crippen LogP contribution in [-0.4, -0.2) is 11.9 Å². The van der Waals surface area contributed by atoms with Crippen molar-refractivity contribution in [2.24, 2.45) is 5.92 Å². The molecule has 1 nitrogen and oxygen atoms in total. The average molecular weight is 412 g/mol. The maximum atomic E-state index is 3.64. The summed E-state index contributed by atoms with van der Waals surface area (Å²) in [7, 11) is 0. The Bertz CT molecular complexity index is 799. The lowest BCUT2D eigenvalue weighted by molar-refractivity contribution is 0.552. The molecular weight excluding hydrogens is 390 g/mol. The molecule has 0 aliphatic carbocycles. The molecule has 3 aromatic rings. The highest BCUT2D eigenvalue weighted by molar-refractivity contribution is 9.09. The summed E-state index contributed by atoms with van der Waals surface area (Å²) in [5.41, 5.74) is 4.15. The van der Waals surface area contributed by atoms with Crippen LogP contribution in [0.15, 0.2) is 72.1 Å². The van der Waals surface area contributed by atoms with Gasteiger partial charge < -0.3 is 4.90 Å². The van der Waals surface area contributed by atoms with E-state index >= 15 is 0 Å². The van der Waals surface area contributed by atoms with Crippen LogP contribution in [0.5, 0.6) is 0 Å². The van der Waals surface area contributed by atoms with Gasteiger partial charge in [-0.2, -0.15) is 0 Å². The smallest absolute Gasteiger partial charge is 0.0576 e. The van der Waals surface area contributed by atoms with Crippen LogP contribution in [0.1, 0.15) is 24.4 Å². The lowest BCUT2D eigenvalue weighted by atomic mass is 9.98. The van der Waals surface area contributed by atoms with E-state index in [1.807, 2.05) is 11.3 Å². The molecule has 4 rings (SSSR count). The first-order chi connectivity index (χ1) is 12.4. The van der Waals surface area contributed by atoms with Gasteiger partial charge in [0, 0.05) is 11.9 Å². The number of nitrogens with zero attached hydrogens (tertiary/aromatic N) is 1. The molecule has 2 heterocycles. The summed E-state index contributed by atoms with van der Waals surface area (Å²) < 4.78 is 0. The molecular formula is C22H22BrNS. The normalized spacial score (nSPS) is 20.1. The predicted octanol–water partition coefficient (Wildman–Crippen LogP) is 6.77. The highest BCUT2D eigenvalue weighted by Crippen LogP contribution is 2.45. The summed E-state index contributed by atoms with van der Waals surface area (Å²) in [5, 5.41) is 3.32. The van der Waals surface area contributed by atoms with Gasteiger partial charge in [-0.25, -0.2) is 0 Å². The van der Waals surface area contributed by atoms with Crippen LogP contribution < -0.4 is 4.90 Å². The summed E-state index contributed by atoms with van der Waals surface area (Å²) in [4.78, 5) is 4.03. The Morgan fingerprint density at radius 1 is 0.960 bits per heavy atom. The Morgan fingerprint density at radius 2 is 1.68 bits per heavy atom. The van der Waals surface area contributed by atoms with Gasteiger partial charge in [-0.05, 0) is 41.3 Å². The quantitative estimate of drug-likeness (QED) is 0.418. The van der Waals surface area contributed by atoms with Crippen LogP contribution >= 0.6 is 27.3 Å².